The number of aromatic nitrogens is 4. The highest BCUT2D eigenvalue weighted by Gasteiger charge is 2.15. The summed E-state index contributed by atoms with van der Waals surface area (Å²) in [5.74, 6) is -0.196. The standard InChI is InChI=1S/C15H14N4O2/c1-10-11(7-8-14(20)21)15(18(2)17-10)19-9-16-12-5-3-4-6-13(12)19/h3-9H,1-2H3,(H,20,21). The second-order valence-corrected chi connectivity index (χ2v) is 4.72. The molecule has 0 saturated carbocycles. The first-order valence-corrected chi connectivity index (χ1v) is 6.45. The second kappa shape index (κ2) is 4.90. The average Bonchev–Trinajstić information content (AvgIpc) is 2.97. The third-order valence-electron chi connectivity index (χ3n) is 3.31. The van der Waals surface area contributed by atoms with Crippen molar-refractivity contribution in [3.63, 3.8) is 0 Å². The number of hydrogen-bond donors (Lipinski definition) is 1. The van der Waals surface area contributed by atoms with Crippen molar-refractivity contribution in [2.75, 3.05) is 0 Å². The number of benzene rings is 1. The molecule has 1 aromatic carbocycles. The Bertz CT molecular complexity index is 858. The van der Waals surface area contributed by atoms with Crippen molar-refractivity contribution in [2.24, 2.45) is 7.05 Å². The highest BCUT2D eigenvalue weighted by molar-refractivity contribution is 5.87. The molecule has 6 heteroatoms. The maximum Gasteiger partial charge on any atom is 0.328 e. The average molecular weight is 282 g/mol. The fraction of sp³-hybridized carbons (Fsp3) is 0.133. The molecule has 0 saturated heterocycles. The van der Waals surface area contributed by atoms with Crippen molar-refractivity contribution in [1.82, 2.24) is 19.3 Å². The van der Waals surface area contributed by atoms with Crippen molar-refractivity contribution in [2.45, 2.75) is 6.92 Å². The van der Waals surface area contributed by atoms with Gasteiger partial charge in [0.1, 0.15) is 12.1 Å². The fourth-order valence-electron chi connectivity index (χ4n) is 2.43. The Morgan fingerprint density at radius 1 is 1.33 bits per heavy atom. The van der Waals surface area contributed by atoms with Crippen molar-refractivity contribution < 1.29 is 9.90 Å². The molecule has 0 radical (unpaired) electrons. The fourth-order valence-corrected chi connectivity index (χ4v) is 2.43. The minimum absolute atomic E-state index is 0.766. The van der Waals surface area contributed by atoms with Gasteiger partial charge in [0.05, 0.1) is 16.7 Å². The van der Waals surface area contributed by atoms with Crippen LogP contribution in [0.5, 0.6) is 0 Å². The van der Waals surface area contributed by atoms with Crippen LogP contribution < -0.4 is 0 Å². The van der Waals surface area contributed by atoms with E-state index in [0.29, 0.717) is 0 Å². The number of carbonyl (C=O) groups is 1. The SMILES string of the molecule is Cc1nn(C)c(-n2cnc3ccccc32)c1C=CC(=O)O. The number of nitrogens with zero attached hydrogens (tertiary/aromatic N) is 4. The van der Waals surface area contributed by atoms with Gasteiger partial charge in [-0.1, -0.05) is 12.1 Å². The van der Waals surface area contributed by atoms with E-state index in [1.807, 2.05) is 42.8 Å². The van der Waals surface area contributed by atoms with Crippen LogP contribution in [0.2, 0.25) is 0 Å². The molecule has 106 valence electrons. The van der Waals surface area contributed by atoms with Crippen LogP contribution in [0, 0.1) is 6.92 Å². The molecule has 0 amide bonds. The lowest BCUT2D eigenvalue weighted by Crippen LogP contribution is -2.03. The summed E-state index contributed by atoms with van der Waals surface area (Å²) in [6.45, 7) is 1.85. The number of aryl methyl sites for hydroxylation is 2. The molecule has 0 bridgehead atoms. The molecule has 21 heavy (non-hydrogen) atoms. The Labute approximate surface area is 121 Å². The monoisotopic (exact) mass is 282 g/mol. The number of carboxylic acids is 1. The topological polar surface area (TPSA) is 72.9 Å². The van der Waals surface area contributed by atoms with Crippen molar-refractivity contribution in [1.29, 1.82) is 0 Å². The molecule has 0 aliphatic rings. The Morgan fingerprint density at radius 3 is 2.86 bits per heavy atom. The summed E-state index contributed by atoms with van der Waals surface area (Å²) < 4.78 is 3.64. The van der Waals surface area contributed by atoms with Gasteiger partial charge in [-0.2, -0.15) is 5.10 Å². The van der Waals surface area contributed by atoms with Crippen molar-refractivity contribution in [3.05, 3.63) is 47.9 Å². The second-order valence-electron chi connectivity index (χ2n) is 4.72. The van der Waals surface area contributed by atoms with Gasteiger partial charge in [-0.3, -0.25) is 9.25 Å². The number of hydrogen-bond acceptors (Lipinski definition) is 3. The van der Waals surface area contributed by atoms with E-state index in [1.54, 1.807) is 17.1 Å². The maximum absolute atomic E-state index is 10.8. The van der Waals surface area contributed by atoms with Gasteiger partial charge in [-0.15, -0.1) is 0 Å². The molecule has 0 unspecified atom stereocenters. The lowest BCUT2D eigenvalue weighted by atomic mass is 10.2. The van der Waals surface area contributed by atoms with Crippen LogP contribution in [-0.2, 0) is 11.8 Å². The molecule has 0 aliphatic carbocycles. The number of imidazole rings is 1. The summed E-state index contributed by atoms with van der Waals surface area (Å²) in [6.07, 6.45) is 4.40. The molecule has 3 aromatic rings. The van der Waals surface area contributed by atoms with Gasteiger partial charge in [0.25, 0.3) is 0 Å². The van der Waals surface area contributed by atoms with Crippen LogP contribution in [0.1, 0.15) is 11.3 Å². The predicted octanol–water partition coefficient (Wildman–Crippen LogP) is 2.17. The van der Waals surface area contributed by atoms with E-state index in [1.165, 1.54) is 0 Å². The molecule has 3 rings (SSSR count). The number of fused-ring (bicyclic) bond motifs is 1. The van der Waals surface area contributed by atoms with Crippen LogP contribution in [0.4, 0.5) is 0 Å². The van der Waals surface area contributed by atoms with E-state index in [0.717, 1.165) is 34.2 Å². The zero-order valence-corrected chi connectivity index (χ0v) is 11.7. The molecule has 0 fully saturated rings. The van der Waals surface area contributed by atoms with E-state index < -0.39 is 5.97 Å². The van der Waals surface area contributed by atoms with E-state index in [4.69, 9.17) is 5.11 Å². The summed E-state index contributed by atoms with van der Waals surface area (Å²) in [6, 6.07) is 7.77. The van der Waals surface area contributed by atoms with Crippen molar-refractivity contribution >= 4 is 23.1 Å². The number of rotatable bonds is 3. The van der Waals surface area contributed by atoms with Crippen LogP contribution in [0.25, 0.3) is 22.9 Å². The highest BCUT2D eigenvalue weighted by Crippen LogP contribution is 2.23. The number of aliphatic carboxylic acids is 1. The van der Waals surface area contributed by atoms with Gasteiger partial charge in [-0.25, -0.2) is 9.78 Å². The van der Waals surface area contributed by atoms with Gasteiger partial charge in [0.2, 0.25) is 0 Å². The Kier molecular flexibility index (Phi) is 3.06. The maximum atomic E-state index is 10.8. The van der Waals surface area contributed by atoms with Gasteiger partial charge in [0.15, 0.2) is 0 Å². The zero-order valence-electron chi connectivity index (χ0n) is 11.7. The third kappa shape index (κ3) is 2.20. The summed E-state index contributed by atoms with van der Waals surface area (Å²) in [4.78, 5) is 15.1. The minimum atomic E-state index is -0.986. The van der Waals surface area contributed by atoms with Crippen LogP contribution in [0.3, 0.4) is 0 Å². The quantitative estimate of drug-likeness (QED) is 0.747. The lowest BCUT2D eigenvalue weighted by Gasteiger charge is -2.06. The molecule has 0 atom stereocenters. The molecule has 6 nitrogen and oxygen atoms in total. The van der Waals surface area contributed by atoms with Crippen molar-refractivity contribution in [3.8, 4) is 5.82 Å². The molecule has 2 heterocycles. The first-order valence-electron chi connectivity index (χ1n) is 6.45. The van der Waals surface area contributed by atoms with Gasteiger partial charge in [0, 0.05) is 18.7 Å². The van der Waals surface area contributed by atoms with E-state index in [-0.39, 0.29) is 0 Å². The highest BCUT2D eigenvalue weighted by atomic mass is 16.4. The predicted molar refractivity (Wildman–Crippen MR) is 79.2 cm³/mol. The number of carboxylic acid groups (broad SMARTS) is 1. The largest absolute Gasteiger partial charge is 0.478 e. The molecule has 0 aliphatic heterocycles. The van der Waals surface area contributed by atoms with E-state index in [9.17, 15) is 4.79 Å². The molecule has 2 aromatic heterocycles. The van der Waals surface area contributed by atoms with Crippen LogP contribution >= 0.6 is 0 Å². The zero-order chi connectivity index (χ0) is 15.0. The smallest absolute Gasteiger partial charge is 0.328 e. The number of para-hydroxylation sites is 2. The van der Waals surface area contributed by atoms with E-state index in [2.05, 4.69) is 10.1 Å². The third-order valence-corrected chi connectivity index (χ3v) is 3.31. The summed E-state index contributed by atoms with van der Waals surface area (Å²) in [5, 5.41) is 13.2. The normalized spacial score (nSPS) is 11.5. The minimum Gasteiger partial charge on any atom is -0.478 e. The Morgan fingerprint density at radius 2 is 2.10 bits per heavy atom. The van der Waals surface area contributed by atoms with Gasteiger partial charge >= 0.3 is 5.97 Å². The molecule has 0 spiro atoms. The van der Waals surface area contributed by atoms with Gasteiger partial charge in [-0.05, 0) is 25.1 Å². The first-order chi connectivity index (χ1) is 10.1. The molecular formula is C15H14N4O2. The van der Waals surface area contributed by atoms with Crippen LogP contribution in [-0.4, -0.2) is 30.4 Å². The molecule has 1 N–H and O–H groups in total. The summed E-state index contributed by atoms with van der Waals surface area (Å²) >= 11 is 0. The Balaban J connectivity index is 2.25. The van der Waals surface area contributed by atoms with Crippen LogP contribution in [0.15, 0.2) is 36.7 Å². The summed E-state index contributed by atoms with van der Waals surface area (Å²) in [7, 11) is 1.83. The Hall–Kier alpha value is -2.89. The lowest BCUT2D eigenvalue weighted by molar-refractivity contribution is -0.131. The first kappa shape index (κ1) is 13.1. The molecular weight excluding hydrogens is 268 g/mol. The van der Waals surface area contributed by atoms with Gasteiger partial charge < -0.3 is 5.11 Å². The van der Waals surface area contributed by atoms with E-state index >= 15 is 0 Å². The summed E-state index contributed by atoms with van der Waals surface area (Å²) in [5.41, 5.74) is 3.36.